The molecular weight excluding hydrogens is 383 g/mol. The Morgan fingerprint density at radius 3 is 2.48 bits per heavy atom. The lowest BCUT2D eigenvalue weighted by atomic mass is 10.2. The van der Waals surface area contributed by atoms with E-state index >= 15 is 0 Å². The Kier molecular flexibility index (Phi) is 4.79. The molecule has 6 nitrogen and oxygen atoms in total. The first-order valence-electron chi connectivity index (χ1n) is 8.70. The lowest BCUT2D eigenvalue weighted by molar-refractivity contribution is -0.141. The second-order valence-corrected chi connectivity index (χ2v) is 6.37. The average molecular weight is 399 g/mol. The fraction of sp³-hybridized carbons (Fsp3) is 0.150. The number of aryl methyl sites for hydroxylation is 1. The molecule has 0 bridgehead atoms. The zero-order chi connectivity index (χ0) is 20.4. The van der Waals surface area contributed by atoms with Crippen LogP contribution in [-0.2, 0) is 19.8 Å². The zero-order valence-corrected chi connectivity index (χ0v) is 15.3. The number of nitrogens with one attached hydrogen (secondary N) is 1. The summed E-state index contributed by atoms with van der Waals surface area (Å²) in [6, 6.07) is 11.5. The molecule has 4 aromatic rings. The highest BCUT2D eigenvalue weighted by Gasteiger charge is 2.31. The molecule has 29 heavy (non-hydrogen) atoms. The van der Waals surface area contributed by atoms with Crippen molar-refractivity contribution in [2.75, 3.05) is 5.32 Å². The van der Waals surface area contributed by atoms with E-state index in [0.29, 0.717) is 23.7 Å². The SMILES string of the molecule is Cn1ccc2c(Oc3ccc(NCc4ccc(C(F)(F)F)nc4)cc3)ncnc21. The largest absolute Gasteiger partial charge is 0.438 e. The summed E-state index contributed by atoms with van der Waals surface area (Å²) >= 11 is 0. The predicted octanol–water partition coefficient (Wildman–Crippen LogP) is 4.79. The van der Waals surface area contributed by atoms with Gasteiger partial charge in [-0.15, -0.1) is 0 Å². The third-order valence-corrected chi connectivity index (χ3v) is 4.31. The molecule has 1 aromatic carbocycles. The first-order chi connectivity index (χ1) is 13.9. The smallest absolute Gasteiger partial charge is 0.433 e. The second-order valence-electron chi connectivity index (χ2n) is 6.37. The van der Waals surface area contributed by atoms with E-state index < -0.39 is 11.9 Å². The molecule has 3 heterocycles. The van der Waals surface area contributed by atoms with Gasteiger partial charge in [-0.3, -0.25) is 4.98 Å². The van der Waals surface area contributed by atoms with Crippen molar-refractivity contribution in [2.24, 2.45) is 7.05 Å². The van der Waals surface area contributed by atoms with Crippen LogP contribution in [0.25, 0.3) is 11.0 Å². The molecule has 0 radical (unpaired) electrons. The average Bonchev–Trinajstić information content (AvgIpc) is 3.09. The standard InChI is InChI=1S/C20H16F3N5O/c1-28-9-8-16-18(28)26-12-27-19(16)29-15-5-3-14(4-6-15)24-10-13-2-7-17(25-11-13)20(21,22)23/h2-9,11-12,24H,10H2,1H3. The van der Waals surface area contributed by atoms with Crippen molar-refractivity contribution in [3.05, 3.63) is 72.4 Å². The van der Waals surface area contributed by atoms with Crippen LogP contribution in [0, 0.1) is 0 Å². The summed E-state index contributed by atoms with van der Waals surface area (Å²) in [5, 5.41) is 3.95. The number of aromatic nitrogens is 4. The predicted molar refractivity (Wildman–Crippen MR) is 102 cm³/mol. The molecule has 0 saturated carbocycles. The quantitative estimate of drug-likeness (QED) is 0.523. The molecule has 148 valence electrons. The minimum Gasteiger partial charge on any atom is -0.438 e. The molecule has 9 heteroatoms. The van der Waals surface area contributed by atoms with Gasteiger partial charge in [0.25, 0.3) is 0 Å². The molecule has 0 fully saturated rings. The van der Waals surface area contributed by atoms with Crippen molar-refractivity contribution in [3.63, 3.8) is 0 Å². The van der Waals surface area contributed by atoms with Crippen molar-refractivity contribution in [1.29, 1.82) is 0 Å². The van der Waals surface area contributed by atoms with E-state index in [9.17, 15) is 13.2 Å². The maximum absolute atomic E-state index is 12.6. The molecule has 0 unspecified atom stereocenters. The van der Waals surface area contributed by atoms with Crippen LogP contribution < -0.4 is 10.1 Å². The Hall–Kier alpha value is -3.62. The molecule has 1 N–H and O–H groups in total. The van der Waals surface area contributed by atoms with E-state index in [1.807, 2.05) is 36.0 Å². The van der Waals surface area contributed by atoms with Crippen LogP contribution >= 0.6 is 0 Å². The normalized spacial score (nSPS) is 11.6. The topological polar surface area (TPSA) is 64.9 Å². The van der Waals surface area contributed by atoms with Crippen LogP contribution in [0.1, 0.15) is 11.3 Å². The van der Waals surface area contributed by atoms with Gasteiger partial charge < -0.3 is 14.6 Å². The minimum absolute atomic E-state index is 0.349. The fourth-order valence-electron chi connectivity index (χ4n) is 2.79. The Morgan fingerprint density at radius 2 is 1.79 bits per heavy atom. The lowest BCUT2D eigenvalue weighted by Gasteiger charge is -2.10. The van der Waals surface area contributed by atoms with E-state index in [1.54, 1.807) is 12.1 Å². The van der Waals surface area contributed by atoms with E-state index in [0.717, 1.165) is 22.8 Å². The van der Waals surface area contributed by atoms with Gasteiger partial charge in [-0.25, -0.2) is 9.97 Å². The summed E-state index contributed by atoms with van der Waals surface area (Å²) in [4.78, 5) is 11.9. The maximum atomic E-state index is 12.6. The molecule has 4 rings (SSSR count). The van der Waals surface area contributed by atoms with Gasteiger partial charge in [-0.1, -0.05) is 6.07 Å². The number of rotatable bonds is 5. The van der Waals surface area contributed by atoms with Gasteiger partial charge in [0.2, 0.25) is 5.88 Å². The van der Waals surface area contributed by atoms with Gasteiger partial charge in [0.1, 0.15) is 23.4 Å². The fourth-order valence-corrected chi connectivity index (χ4v) is 2.79. The van der Waals surface area contributed by atoms with E-state index in [1.165, 1.54) is 18.6 Å². The van der Waals surface area contributed by atoms with Crippen molar-refractivity contribution in [3.8, 4) is 11.6 Å². The molecule has 0 aliphatic heterocycles. The van der Waals surface area contributed by atoms with Gasteiger partial charge in [0, 0.05) is 31.7 Å². The van der Waals surface area contributed by atoms with Gasteiger partial charge in [0.15, 0.2) is 0 Å². The number of halogens is 3. The van der Waals surface area contributed by atoms with Crippen molar-refractivity contribution in [1.82, 2.24) is 19.5 Å². The van der Waals surface area contributed by atoms with Crippen LogP contribution in [0.4, 0.5) is 18.9 Å². The van der Waals surface area contributed by atoms with Crippen molar-refractivity contribution < 1.29 is 17.9 Å². The minimum atomic E-state index is -4.43. The molecular formula is C20H16F3N5O. The Morgan fingerprint density at radius 1 is 1.00 bits per heavy atom. The molecule has 0 aliphatic carbocycles. The summed E-state index contributed by atoms with van der Waals surface area (Å²) in [6.07, 6.45) is 0.116. The molecule has 0 spiro atoms. The number of anilines is 1. The van der Waals surface area contributed by atoms with Gasteiger partial charge in [-0.05, 0) is 42.0 Å². The Labute approximate surface area is 164 Å². The summed E-state index contributed by atoms with van der Waals surface area (Å²) in [6.45, 7) is 0.349. The highest BCUT2D eigenvalue weighted by molar-refractivity contribution is 5.81. The van der Waals surface area contributed by atoms with Crippen LogP contribution in [0.15, 0.2) is 61.2 Å². The van der Waals surface area contributed by atoms with Crippen LogP contribution in [0.3, 0.4) is 0 Å². The van der Waals surface area contributed by atoms with E-state index in [-0.39, 0.29) is 0 Å². The third kappa shape index (κ3) is 4.13. The molecule has 3 aromatic heterocycles. The number of pyridine rings is 1. The summed E-state index contributed by atoms with van der Waals surface area (Å²) < 4.78 is 45.4. The number of benzene rings is 1. The Balaban J connectivity index is 1.40. The van der Waals surface area contributed by atoms with Gasteiger partial charge in [0.05, 0.1) is 5.39 Å². The van der Waals surface area contributed by atoms with Crippen molar-refractivity contribution >= 4 is 16.7 Å². The highest BCUT2D eigenvalue weighted by Crippen LogP contribution is 2.28. The van der Waals surface area contributed by atoms with Gasteiger partial charge in [-0.2, -0.15) is 13.2 Å². The number of fused-ring (bicyclic) bond motifs is 1. The van der Waals surface area contributed by atoms with Gasteiger partial charge >= 0.3 is 6.18 Å². The molecule has 0 saturated heterocycles. The number of hydrogen-bond donors (Lipinski definition) is 1. The molecule has 0 aliphatic rings. The maximum Gasteiger partial charge on any atom is 0.433 e. The van der Waals surface area contributed by atoms with E-state index in [2.05, 4.69) is 20.3 Å². The van der Waals surface area contributed by atoms with Crippen LogP contribution in [0.2, 0.25) is 0 Å². The van der Waals surface area contributed by atoms with E-state index in [4.69, 9.17) is 4.74 Å². The number of hydrogen-bond acceptors (Lipinski definition) is 5. The Bertz CT molecular complexity index is 1120. The first-order valence-corrected chi connectivity index (χ1v) is 8.70. The third-order valence-electron chi connectivity index (χ3n) is 4.31. The van der Waals surface area contributed by atoms with Crippen LogP contribution in [0.5, 0.6) is 11.6 Å². The van der Waals surface area contributed by atoms with Crippen LogP contribution in [-0.4, -0.2) is 19.5 Å². The molecule has 0 atom stereocenters. The monoisotopic (exact) mass is 399 g/mol. The summed E-state index contributed by atoms with van der Waals surface area (Å²) in [5.74, 6) is 1.07. The summed E-state index contributed by atoms with van der Waals surface area (Å²) in [5.41, 5.74) is 1.31. The molecule has 0 amide bonds. The zero-order valence-electron chi connectivity index (χ0n) is 15.3. The second kappa shape index (κ2) is 7.42. The van der Waals surface area contributed by atoms with Crippen molar-refractivity contribution in [2.45, 2.75) is 12.7 Å². The number of ether oxygens (including phenoxy) is 1. The first kappa shape index (κ1) is 18.7. The highest BCUT2D eigenvalue weighted by atomic mass is 19.4. The lowest BCUT2D eigenvalue weighted by Crippen LogP contribution is -2.08. The number of alkyl halides is 3. The summed E-state index contributed by atoms with van der Waals surface area (Å²) in [7, 11) is 1.89. The number of nitrogens with zero attached hydrogens (tertiary/aromatic N) is 4.